The van der Waals surface area contributed by atoms with E-state index in [9.17, 15) is 0 Å². The van der Waals surface area contributed by atoms with Gasteiger partial charge in [0.15, 0.2) is 5.82 Å². The Bertz CT molecular complexity index is 3090. The molecule has 56 heavy (non-hydrogen) atoms. The van der Waals surface area contributed by atoms with Crippen molar-refractivity contribution in [1.29, 1.82) is 0 Å². The molecule has 0 N–H and O–H groups in total. The molecule has 0 saturated heterocycles. The Kier molecular flexibility index (Phi) is 6.55. The average molecular weight is 713 g/mol. The van der Waals surface area contributed by atoms with E-state index >= 15 is 0 Å². The first kappa shape index (κ1) is 31.0. The van der Waals surface area contributed by atoms with Crippen LogP contribution in [0.5, 0.6) is 0 Å². The van der Waals surface area contributed by atoms with Gasteiger partial charge in [0.1, 0.15) is 11.2 Å². The van der Waals surface area contributed by atoms with Crippen molar-refractivity contribution < 1.29 is 4.42 Å². The molecule has 12 rings (SSSR count). The van der Waals surface area contributed by atoms with Crippen molar-refractivity contribution in [2.45, 2.75) is 5.41 Å². The molecule has 0 atom stereocenters. The zero-order valence-corrected chi connectivity index (χ0v) is 30.3. The number of rotatable bonds is 4. The third-order valence-corrected chi connectivity index (χ3v) is 11.9. The van der Waals surface area contributed by atoms with Gasteiger partial charge in [-0.2, -0.15) is 0 Å². The summed E-state index contributed by atoms with van der Waals surface area (Å²) < 4.78 is 6.49. The van der Waals surface area contributed by atoms with Crippen molar-refractivity contribution in [2.24, 2.45) is 0 Å². The molecule has 0 bridgehead atoms. The largest absolute Gasteiger partial charge is 0.456 e. The molecule has 3 heteroatoms. The van der Waals surface area contributed by atoms with E-state index in [1.807, 2.05) is 36.4 Å². The third kappa shape index (κ3) is 4.34. The molecule has 8 aromatic carbocycles. The van der Waals surface area contributed by atoms with Gasteiger partial charge in [-0.1, -0.05) is 158 Å². The van der Waals surface area contributed by atoms with Crippen molar-refractivity contribution in [3.63, 3.8) is 0 Å². The SMILES string of the molecule is c1ccc(-c2cc(-c3ccc4oc5ccc(-c6cccc7c6-c6ccccc6C76c7ccccc7-c7ccccc76)cc5c4c3)nc(-c3ccccc3)n2)cc1. The van der Waals surface area contributed by atoms with Crippen LogP contribution in [0, 0.1) is 0 Å². The lowest BCUT2D eigenvalue weighted by molar-refractivity contribution is 0.669. The summed E-state index contributed by atoms with van der Waals surface area (Å²) in [6.45, 7) is 0. The topological polar surface area (TPSA) is 38.9 Å². The van der Waals surface area contributed by atoms with E-state index in [4.69, 9.17) is 14.4 Å². The monoisotopic (exact) mass is 712 g/mol. The van der Waals surface area contributed by atoms with Crippen LogP contribution in [0.3, 0.4) is 0 Å². The van der Waals surface area contributed by atoms with Crippen LogP contribution in [0.25, 0.3) is 89.2 Å². The van der Waals surface area contributed by atoms with Gasteiger partial charge in [-0.3, -0.25) is 0 Å². The molecule has 260 valence electrons. The molecular formula is C53H32N2O. The van der Waals surface area contributed by atoms with E-state index < -0.39 is 0 Å². The molecule has 0 fully saturated rings. The maximum atomic E-state index is 6.49. The first-order chi connectivity index (χ1) is 27.8. The molecule has 3 nitrogen and oxygen atoms in total. The van der Waals surface area contributed by atoms with E-state index in [2.05, 4.69) is 158 Å². The minimum atomic E-state index is -0.384. The predicted octanol–water partition coefficient (Wildman–Crippen LogP) is 13.4. The van der Waals surface area contributed by atoms with E-state index in [0.717, 1.165) is 55.6 Å². The molecule has 0 unspecified atom stereocenters. The van der Waals surface area contributed by atoms with Gasteiger partial charge in [-0.15, -0.1) is 0 Å². The van der Waals surface area contributed by atoms with Crippen LogP contribution in [-0.4, -0.2) is 9.97 Å². The second kappa shape index (κ2) is 11.8. The molecule has 2 heterocycles. The minimum absolute atomic E-state index is 0.384. The molecule has 0 aliphatic heterocycles. The summed E-state index contributed by atoms with van der Waals surface area (Å²) in [6, 6.07) is 69.5. The highest BCUT2D eigenvalue weighted by Gasteiger charge is 2.51. The summed E-state index contributed by atoms with van der Waals surface area (Å²) in [5.74, 6) is 0.699. The lowest BCUT2D eigenvalue weighted by Gasteiger charge is -2.30. The van der Waals surface area contributed by atoms with Crippen LogP contribution < -0.4 is 0 Å². The van der Waals surface area contributed by atoms with Crippen molar-refractivity contribution >= 4 is 21.9 Å². The molecule has 10 aromatic rings. The lowest BCUT2D eigenvalue weighted by atomic mass is 9.70. The van der Waals surface area contributed by atoms with Gasteiger partial charge >= 0.3 is 0 Å². The van der Waals surface area contributed by atoms with Gasteiger partial charge in [0.25, 0.3) is 0 Å². The van der Waals surface area contributed by atoms with Crippen molar-refractivity contribution in [3.05, 3.63) is 216 Å². The van der Waals surface area contributed by atoms with Gasteiger partial charge in [-0.25, -0.2) is 9.97 Å². The van der Waals surface area contributed by atoms with E-state index in [0.29, 0.717) is 5.82 Å². The molecular weight excluding hydrogens is 681 g/mol. The summed E-state index contributed by atoms with van der Waals surface area (Å²) in [6.07, 6.45) is 0. The number of furan rings is 1. The zero-order chi connectivity index (χ0) is 36.8. The summed E-state index contributed by atoms with van der Waals surface area (Å²) >= 11 is 0. The highest BCUT2D eigenvalue weighted by Crippen LogP contribution is 2.64. The van der Waals surface area contributed by atoms with Crippen molar-refractivity contribution in [2.75, 3.05) is 0 Å². The van der Waals surface area contributed by atoms with Crippen molar-refractivity contribution in [3.8, 4) is 67.3 Å². The number of fused-ring (bicyclic) bond motifs is 13. The van der Waals surface area contributed by atoms with Crippen LogP contribution in [-0.2, 0) is 5.41 Å². The predicted molar refractivity (Wildman–Crippen MR) is 227 cm³/mol. The van der Waals surface area contributed by atoms with Gasteiger partial charge in [0.05, 0.1) is 16.8 Å². The molecule has 0 saturated carbocycles. The zero-order valence-electron chi connectivity index (χ0n) is 30.3. The lowest BCUT2D eigenvalue weighted by Crippen LogP contribution is -2.25. The van der Waals surface area contributed by atoms with Crippen LogP contribution in [0.4, 0.5) is 0 Å². The molecule has 0 radical (unpaired) electrons. The third-order valence-electron chi connectivity index (χ3n) is 11.9. The maximum Gasteiger partial charge on any atom is 0.160 e. The van der Waals surface area contributed by atoms with Crippen LogP contribution in [0.2, 0.25) is 0 Å². The van der Waals surface area contributed by atoms with Crippen LogP contribution in [0.15, 0.2) is 199 Å². The van der Waals surface area contributed by atoms with Gasteiger partial charge < -0.3 is 4.42 Å². The van der Waals surface area contributed by atoms with E-state index in [1.165, 1.54) is 50.1 Å². The Morgan fingerprint density at radius 3 is 1.48 bits per heavy atom. The number of nitrogens with zero attached hydrogens (tertiary/aromatic N) is 2. The Morgan fingerprint density at radius 1 is 0.339 bits per heavy atom. The standard InChI is InChI=1S/C53H32N2O/c1-3-14-33(15-4-1)47-32-48(55-52(54-47)34-16-5-2-6-17-34)36-27-29-50-42(31-36)41-30-35(26-28-49(41)56-50)37-21-13-25-46-51(37)40-20-9-12-24-45(40)53(46)43-22-10-7-18-38(43)39-19-8-11-23-44(39)53/h1-32H. The van der Waals surface area contributed by atoms with E-state index in [-0.39, 0.29) is 5.41 Å². The van der Waals surface area contributed by atoms with Crippen LogP contribution in [0.1, 0.15) is 22.3 Å². The van der Waals surface area contributed by atoms with Gasteiger partial charge in [0.2, 0.25) is 0 Å². The number of aromatic nitrogens is 2. The Labute approximate surface area is 324 Å². The number of hydrogen-bond donors (Lipinski definition) is 0. The summed E-state index contributed by atoms with van der Waals surface area (Å²) in [7, 11) is 0. The molecule has 2 aromatic heterocycles. The summed E-state index contributed by atoms with van der Waals surface area (Å²) in [5.41, 5.74) is 19.1. The van der Waals surface area contributed by atoms with Crippen LogP contribution >= 0.6 is 0 Å². The fourth-order valence-corrected chi connectivity index (χ4v) is 9.56. The Balaban J connectivity index is 1.05. The summed E-state index contributed by atoms with van der Waals surface area (Å²) in [4.78, 5) is 10.1. The highest BCUT2D eigenvalue weighted by molar-refractivity contribution is 6.09. The van der Waals surface area contributed by atoms with Gasteiger partial charge in [0, 0.05) is 27.5 Å². The van der Waals surface area contributed by atoms with E-state index in [1.54, 1.807) is 0 Å². The molecule has 2 aliphatic rings. The first-order valence-electron chi connectivity index (χ1n) is 19.2. The second-order valence-electron chi connectivity index (χ2n) is 14.8. The Hall–Kier alpha value is -7.36. The highest BCUT2D eigenvalue weighted by atomic mass is 16.3. The normalized spacial score (nSPS) is 13.1. The fraction of sp³-hybridized carbons (Fsp3) is 0.0189. The fourth-order valence-electron chi connectivity index (χ4n) is 9.56. The first-order valence-corrected chi connectivity index (χ1v) is 19.2. The quantitative estimate of drug-likeness (QED) is 0.182. The smallest absolute Gasteiger partial charge is 0.160 e. The van der Waals surface area contributed by atoms with Gasteiger partial charge in [-0.05, 0) is 92.0 Å². The molecule has 1 spiro atoms. The number of hydrogen-bond acceptors (Lipinski definition) is 3. The van der Waals surface area contributed by atoms with Crippen molar-refractivity contribution in [1.82, 2.24) is 9.97 Å². The maximum absolute atomic E-state index is 6.49. The average Bonchev–Trinajstić information content (AvgIpc) is 3.90. The second-order valence-corrected chi connectivity index (χ2v) is 14.8. The molecule has 0 amide bonds. The Morgan fingerprint density at radius 2 is 0.821 bits per heavy atom. The number of benzene rings is 8. The molecule has 2 aliphatic carbocycles. The summed E-state index contributed by atoms with van der Waals surface area (Å²) in [5, 5.41) is 2.14. The minimum Gasteiger partial charge on any atom is -0.456 e.